The molecule has 0 bridgehead atoms. The van der Waals surface area contributed by atoms with Crippen molar-refractivity contribution in [2.45, 2.75) is 19.4 Å². The number of aromatic nitrogens is 1. The fraction of sp³-hybridized carbons (Fsp3) is 0.174. The molecule has 29 heavy (non-hydrogen) atoms. The summed E-state index contributed by atoms with van der Waals surface area (Å²) in [4.78, 5) is 27.6. The van der Waals surface area contributed by atoms with Crippen molar-refractivity contribution in [1.29, 1.82) is 0 Å². The van der Waals surface area contributed by atoms with E-state index in [0.717, 1.165) is 16.7 Å². The maximum absolute atomic E-state index is 12.1. The number of rotatable bonds is 5. The van der Waals surface area contributed by atoms with E-state index in [1.807, 2.05) is 37.3 Å². The summed E-state index contributed by atoms with van der Waals surface area (Å²) in [6, 6.07) is 14.3. The molecule has 1 aromatic heterocycles. The number of nitrogens with two attached hydrogens (primary N) is 1. The fourth-order valence-electron chi connectivity index (χ4n) is 3.34. The van der Waals surface area contributed by atoms with Crippen LogP contribution in [-0.2, 0) is 0 Å². The highest BCUT2D eigenvalue weighted by Crippen LogP contribution is 2.36. The van der Waals surface area contributed by atoms with Crippen LogP contribution in [0.25, 0.3) is 0 Å². The van der Waals surface area contributed by atoms with Crippen LogP contribution in [0, 0.1) is 6.92 Å². The van der Waals surface area contributed by atoms with Crippen molar-refractivity contribution >= 4 is 11.7 Å². The highest BCUT2D eigenvalue weighted by atomic mass is 16.5. The number of fused-ring (bicyclic) bond motifs is 1. The number of nitrogens with zero attached hydrogens (tertiary/aromatic N) is 1. The van der Waals surface area contributed by atoms with E-state index in [9.17, 15) is 9.59 Å². The Labute approximate surface area is 168 Å². The third-order valence-electron chi connectivity index (χ3n) is 4.92. The predicted molar refractivity (Wildman–Crippen MR) is 107 cm³/mol. The summed E-state index contributed by atoms with van der Waals surface area (Å²) in [5, 5.41) is 0. The van der Waals surface area contributed by atoms with Crippen LogP contribution in [0.3, 0.4) is 0 Å². The van der Waals surface area contributed by atoms with Gasteiger partial charge < -0.3 is 15.2 Å². The first-order chi connectivity index (χ1) is 14.0. The van der Waals surface area contributed by atoms with Crippen molar-refractivity contribution in [2.75, 3.05) is 6.61 Å². The molecule has 2 N–H and O–H groups in total. The van der Waals surface area contributed by atoms with Crippen molar-refractivity contribution in [2.24, 2.45) is 5.73 Å². The molecule has 6 nitrogen and oxygen atoms in total. The van der Waals surface area contributed by atoms with E-state index in [4.69, 9.17) is 15.2 Å². The monoisotopic (exact) mass is 388 g/mol. The Morgan fingerprint density at radius 3 is 2.48 bits per heavy atom. The lowest BCUT2D eigenvalue weighted by Crippen LogP contribution is -2.16. The summed E-state index contributed by atoms with van der Waals surface area (Å²) in [6.07, 6.45) is 3.35. The summed E-state index contributed by atoms with van der Waals surface area (Å²) in [6.45, 7) is 2.27. The molecule has 2 heterocycles. The number of hydrogen-bond donors (Lipinski definition) is 1. The molecule has 4 rings (SSSR count). The number of ketones is 1. The lowest BCUT2D eigenvalue weighted by Gasteiger charge is -2.24. The van der Waals surface area contributed by atoms with Gasteiger partial charge in [-0.1, -0.05) is 12.1 Å². The van der Waals surface area contributed by atoms with Crippen molar-refractivity contribution < 1.29 is 19.1 Å². The molecule has 146 valence electrons. The van der Waals surface area contributed by atoms with Gasteiger partial charge in [0.15, 0.2) is 5.78 Å². The van der Waals surface area contributed by atoms with E-state index >= 15 is 0 Å². The van der Waals surface area contributed by atoms with E-state index in [0.29, 0.717) is 35.7 Å². The molecular formula is C23H20N2O4. The van der Waals surface area contributed by atoms with Crippen molar-refractivity contribution in [1.82, 2.24) is 4.98 Å². The second kappa shape index (κ2) is 7.75. The van der Waals surface area contributed by atoms with Gasteiger partial charge in [-0.05, 0) is 53.9 Å². The van der Waals surface area contributed by atoms with Crippen LogP contribution in [0.1, 0.15) is 49.9 Å². The number of aryl methyl sites for hydroxylation is 1. The quantitative estimate of drug-likeness (QED) is 0.721. The molecule has 0 fully saturated rings. The van der Waals surface area contributed by atoms with Gasteiger partial charge in [-0.25, -0.2) is 0 Å². The second-order valence-corrected chi connectivity index (χ2v) is 6.90. The molecule has 0 radical (unpaired) electrons. The second-order valence-electron chi connectivity index (χ2n) is 6.90. The first kappa shape index (κ1) is 18.7. The third kappa shape index (κ3) is 3.82. The molecule has 0 saturated carbocycles. The van der Waals surface area contributed by atoms with Gasteiger partial charge in [-0.15, -0.1) is 0 Å². The Balaban J connectivity index is 1.73. The van der Waals surface area contributed by atoms with Gasteiger partial charge >= 0.3 is 0 Å². The number of amides is 1. The standard InChI is InChI=1S/C23H20N2O4/c1-14-12-18-19(26)8-11-28-21(18)13-20(14)29-22(16-6-9-25-10-7-16)15-2-4-17(5-3-15)23(24)27/h2-7,9-10,12-13,22H,8,11H2,1H3,(H2,24,27)/t22-/m0/s1. The molecule has 6 heteroatoms. The first-order valence-electron chi connectivity index (χ1n) is 9.30. The SMILES string of the molecule is Cc1cc2c(cc1O[C@H](c1ccncc1)c1ccc(C(N)=O)cc1)OCCC2=O. The number of primary amides is 1. The number of ether oxygens (including phenoxy) is 2. The minimum atomic E-state index is -0.481. The summed E-state index contributed by atoms with van der Waals surface area (Å²) in [7, 11) is 0. The molecule has 0 spiro atoms. The van der Waals surface area contributed by atoms with Gasteiger partial charge in [-0.3, -0.25) is 14.6 Å². The molecule has 1 amide bonds. The highest BCUT2D eigenvalue weighted by molar-refractivity contribution is 6.00. The van der Waals surface area contributed by atoms with E-state index in [1.54, 1.807) is 30.6 Å². The van der Waals surface area contributed by atoms with E-state index < -0.39 is 12.0 Å². The summed E-state index contributed by atoms with van der Waals surface area (Å²) < 4.78 is 12.0. The topological polar surface area (TPSA) is 91.5 Å². The zero-order valence-corrected chi connectivity index (χ0v) is 15.9. The minimum absolute atomic E-state index is 0.0774. The van der Waals surface area contributed by atoms with Crippen LogP contribution in [0.15, 0.2) is 60.9 Å². The average molecular weight is 388 g/mol. The summed E-state index contributed by atoms with van der Waals surface area (Å²) >= 11 is 0. The van der Waals surface area contributed by atoms with Gasteiger partial charge in [0, 0.05) is 30.4 Å². The number of hydrogen-bond acceptors (Lipinski definition) is 5. The van der Waals surface area contributed by atoms with Crippen LogP contribution in [0.2, 0.25) is 0 Å². The molecule has 0 unspecified atom stereocenters. The molecule has 1 aliphatic rings. The highest BCUT2D eigenvalue weighted by Gasteiger charge is 2.23. The van der Waals surface area contributed by atoms with Gasteiger partial charge in [-0.2, -0.15) is 0 Å². The largest absolute Gasteiger partial charge is 0.492 e. The fourth-order valence-corrected chi connectivity index (χ4v) is 3.34. The maximum Gasteiger partial charge on any atom is 0.248 e. The molecule has 1 atom stereocenters. The Morgan fingerprint density at radius 2 is 1.79 bits per heavy atom. The molecule has 0 saturated heterocycles. The van der Waals surface area contributed by atoms with Crippen molar-refractivity contribution in [3.05, 3.63) is 88.7 Å². The van der Waals surface area contributed by atoms with Crippen LogP contribution >= 0.6 is 0 Å². The molecule has 1 aliphatic heterocycles. The zero-order chi connectivity index (χ0) is 20.4. The number of benzene rings is 2. The predicted octanol–water partition coefficient (Wildman–Crippen LogP) is 3.62. The molecular weight excluding hydrogens is 368 g/mol. The Kier molecular flexibility index (Phi) is 4.99. The molecule has 2 aromatic carbocycles. The van der Waals surface area contributed by atoms with Crippen LogP contribution in [0.5, 0.6) is 11.5 Å². The van der Waals surface area contributed by atoms with Crippen LogP contribution in [-0.4, -0.2) is 23.3 Å². The van der Waals surface area contributed by atoms with E-state index in [-0.39, 0.29) is 5.78 Å². The van der Waals surface area contributed by atoms with Crippen LogP contribution in [0.4, 0.5) is 0 Å². The molecule has 3 aromatic rings. The first-order valence-corrected chi connectivity index (χ1v) is 9.30. The number of carbonyl (C=O) groups excluding carboxylic acids is 2. The third-order valence-corrected chi connectivity index (χ3v) is 4.92. The maximum atomic E-state index is 12.1. The van der Waals surface area contributed by atoms with E-state index in [2.05, 4.69) is 4.98 Å². The van der Waals surface area contributed by atoms with Crippen molar-refractivity contribution in [3.8, 4) is 11.5 Å². The average Bonchev–Trinajstić information content (AvgIpc) is 2.74. The Bertz CT molecular complexity index is 1060. The van der Waals surface area contributed by atoms with Gasteiger partial charge in [0.1, 0.15) is 17.6 Å². The summed E-state index contributed by atoms with van der Waals surface area (Å²) in [5.74, 6) is 0.762. The zero-order valence-electron chi connectivity index (χ0n) is 15.9. The van der Waals surface area contributed by atoms with Crippen LogP contribution < -0.4 is 15.2 Å². The lowest BCUT2D eigenvalue weighted by atomic mass is 9.99. The minimum Gasteiger partial charge on any atom is -0.492 e. The van der Waals surface area contributed by atoms with Gasteiger partial charge in [0.05, 0.1) is 12.2 Å². The van der Waals surface area contributed by atoms with E-state index in [1.165, 1.54) is 0 Å². The number of pyridine rings is 1. The van der Waals surface area contributed by atoms with Gasteiger partial charge in [0.25, 0.3) is 0 Å². The Morgan fingerprint density at radius 1 is 1.10 bits per heavy atom. The smallest absolute Gasteiger partial charge is 0.248 e. The van der Waals surface area contributed by atoms with Crippen molar-refractivity contribution in [3.63, 3.8) is 0 Å². The normalized spacial score (nSPS) is 13.9. The Hall–Kier alpha value is -3.67. The molecule has 0 aliphatic carbocycles. The lowest BCUT2D eigenvalue weighted by molar-refractivity contribution is 0.0931. The van der Waals surface area contributed by atoms with Gasteiger partial charge in [0.2, 0.25) is 5.91 Å². The number of carbonyl (C=O) groups is 2. The number of Topliss-reactive ketones (excluding diaryl/α,β-unsaturated/α-hetero) is 1. The summed E-state index contributed by atoms with van der Waals surface area (Å²) in [5.41, 5.74) is 8.97.